The van der Waals surface area contributed by atoms with E-state index in [0.29, 0.717) is 22.1 Å². The largest absolute Gasteiger partial charge is 0.358 e. The van der Waals surface area contributed by atoms with Crippen molar-refractivity contribution in [1.82, 2.24) is 25.2 Å². The molecule has 0 aliphatic carbocycles. The summed E-state index contributed by atoms with van der Waals surface area (Å²) in [7, 11) is 0. The number of para-hydroxylation sites is 1. The van der Waals surface area contributed by atoms with Crippen molar-refractivity contribution in [3.63, 3.8) is 0 Å². The number of anilines is 1. The minimum atomic E-state index is -0.159. The Kier molecular flexibility index (Phi) is 5.13. The first-order chi connectivity index (χ1) is 14.0. The number of hydrogen-bond donors (Lipinski definition) is 2. The van der Waals surface area contributed by atoms with Crippen molar-refractivity contribution in [3.05, 3.63) is 59.8 Å². The molecule has 4 rings (SSSR count). The highest BCUT2D eigenvalue weighted by Crippen LogP contribution is 2.26. The highest BCUT2D eigenvalue weighted by Gasteiger charge is 2.18. The average molecular weight is 406 g/mol. The van der Waals surface area contributed by atoms with Crippen LogP contribution in [0, 0.1) is 6.92 Å². The number of aromatic nitrogens is 5. The Morgan fingerprint density at radius 3 is 2.83 bits per heavy atom. The summed E-state index contributed by atoms with van der Waals surface area (Å²) in [6, 6.07) is 14.9. The van der Waals surface area contributed by atoms with Gasteiger partial charge >= 0.3 is 0 Å². The van der Waals surface area contributed by atoms with Gasteiger partial charge in [0, 0.05) is 34.8 Å². The number of ketones is 1. The van der Waals surface area contributed by atoms with E-state index in [1.54, 1.807) is 22.9 Å². The van der Waals surface area contributed by atoms with E-state index in [1.165, 1.54) is 18.7 Å². The topological polar surface area (TPSA) is 106 Å². The van der Waals surface area contributed by atoms with Crippen molar-refractivity contribution in [2.24, 2.45) is 0 Å². The lowest BCUT2D eigenvalue weighted by Crippen LogP contribution is -2.08. The van der Waals surface area contributed by atoms with Gasteiger partial charge in [-0.05, 0) is 41.6 Å². The quantitative estimate of drug-likeness (QED) is 0.376. The summed E-state index contributed by atoms with van der Waals surface area (Å²) in [5.74, 6) is 0.0497. The van der Waals surface area contributed by atoms with Gasteiger partial charge in [0.1, 0.15) is 0 Å². The molecular formula is C20H18N6O2S. The van der Waals surface area contributed by atoms with Gasteiger partial charge in [0.05, 0.1) is 11.4 Å². The molecule has 9 heteroatoms. The summed E-state index contributed by atoms with van der Waals surface area (Å²) in [4.78, 5) is 27.4. The first-order valence-corrected chi connectivity index (χ1v) is 9.91. The number of carbonyl (C=O) groups excluding carboxylic acids is 2. The fourth-order valence-corrected chi connectivity index (χ4v) is 3.95. The van der Waals surface area contributed by atoms with E-state index in [-0.39, 0.29) is 17.4 Å². The molecule has 0 aliphatic heterocycles. The minimum absolute atomic E-state index is 0.00602. The van der Waals surface area contributed by atoms with Crippen molar-refractivity contribution in [2.45, 2.75) is 19.0 Å². The van der Waals surface area contributed by atoms with Gasteiger partial charge in [-0.25, -0.2) is 0 Å². The summed E-state index contributed by atoms with van der Waals surface area (Å²) < 4.78 is 1.55. The summed E-state index contributed by atoms with van der Waals surface area (Å²) in [6.45, 7) is 3.35. The van der Waals surface area contributed by atoms with E-state index in [9.17, 15) is 9.59 Å². The molecule has 0 unspecified atom stereocenters. The van der Waals surface area contributed by atoms with E-state index in [2.05, 4.69) is 25.8 Å². The van der Waals surface area contributed by atoms with Crippen LogP contribution in [0.25, 0.3) is 16.6 Å². The molecule has 0 aliphatic rings. The van der Waals surface area contributed by atoms with Crippen molar-refractivity contribution in [3.8, 4) is 5.69 Å². The first-order valence-electron chi connectivity index (χ1n) is 8.92. The SMILES string of the molecule is CC(=O)Nc1cccc(-n2nnnc2SCC(=O)c2c(C)[nH]c3ccccc23)c1. The van der Waals surface area contributed by atoms with Gasteiger partial charge in [0.2, 0.25) is 11.1 Å². The van der Waals surface area contributed by atoms with Gasteiger partial charge < -0.3 is 10.3 Å². The molecule has 146 valence electrons. The maximum absolute atomic E-state index is 12.9. The van der Waals surface area contributed by atoms with Gasteiger partial charge in [-0.3, -0.25) is 9.59 Å². The number of H-pyrrole nitrogens is 1. The average Bonchev–Trinajstić information content (AvgIpc) is 3.29. The number of hydrogen-bond acceptors (Lipinski definition) is 6. The molecule has 29 heavy (non-hydrogen) atoms. The van der Waals surface area contributed by atoms with Crippen LogP contribution < -0.4 is 5.32 Å². The zero-order chi connectivity index (χ0) is 20.4. The van der Waals surface area contributed by atoms with Crippen LogP contribution in [-0.2, 0) is 4.79 Å². The Balaban J connectivity index is 1.55. The highest BCUT2D eigenvalue weighted by molar-refractivity contribution is 7.99. The van der Waals surface area contributed by atoms with Crippen LogP contribution in [0.1, 0.15) is 23.0 Å². The van der Waals surface area contributed by atoms with Gasteiger partial charge in [-0.1, -0.05) is 36.0 Å². The summed E-state index contributed by atoms with van der Waals surface area (Å²) in [6.07, 6.45) is 0. The third kappa shape index (κ3) is 3.90. The van der Waals surface area contributed by atoms with Crippen LogP contribution in [0.2, 0.25) is 0 Å². The first kappa shape index (κ1) is 18.9. The lowest BCUT2D eigenvalue weighted by molar-refractivity contribution is -0.114. The third-order valence-corrected chi connectivity index (χ3v) is 5.28. The second-order valence-electron chi connectivity index (χ2n) is 6.49. The molecule has 2 aromatic carbocycles. The molecule has 0 spiro atoms. The van der Waals surface area contributed by atoms with Crippen LogP contribution in [-0.4, -0.2) is 42.6 Å². The molecule has 8 nitrogen and oxygen atoms in total. The summed E-state index contributed by atoms with van der Waals surface area (Å²) in [5.41, 5.74) is 3.82. The van der Waals surface area contributed by atoms with E-state index >= 15 is 0 Å². The number of thioether (sulfide) groups is 1. The third-order valence-electron chi connectivity index (χ3n) is 4.36. The number of nitrogens with one attached hydrogen (secondary N) is 2. The molecule has 2 N–H and O–H groups in total. The number of fused-ring (bicyclic) bond motifs is 1. The standard InChI is InChI=1S/C20H18N6O2S/c1-12-19(16-8-3-4-9-17(16)21-12)18(28)11-29-20-23-24-25-26(20)15-7-5-6-14(10-15)22-13(2)27/h3-10,21H,11H2,1-2H3,(H,22,27). The van der Waals surface area contributed by atoms with Crippen LogP contribution >= 0.6 is 11.8 Å². The van der Waals surface area contributed by atoms with E-state index < -0.39 is 0 Å². The second kappa shape index (κ2) is 7.88. The Morgan fingerprint density at radius 2 is 2.00 bits per heavy atom. The van der Waals surface area contributed by atoms with Crippen molar-refractivity contribution in [1.29, 1.82) is 0 Å². The Morgan fingerprint density at radius 1 is 1.17 bits per heavy atom. The Hall–Kier alpha value is -3.46. The van der Waals surface area contributed by atoms with Crippen molar-refractivity contribution in [2.75, 3.05) is 11.1 Å². The highest BCUT2D eigenvalue weighted by atomic mass is 32.2. The lowest BCUT2D eigenvalue weighted by Gasteiger charge is -2.07. The molecule has 0 bridgehead atoms. The Labute approximate surface area is 170 Å². The molecular weight excluding hydrogens is 388 g/mol. The minimum Gasteiger partial charge on any atom is -0.358 e. The molecule has 1 amide bonds. The van der Waals surface area contributed by atoms with Crippen LogP contribution in [0.15, 0.2) is 53.7 Å². The number of amides is 1. The molecule has 2 aromatic heterocycles. The van der Waals surface area contributed by atoms with E-state index in [0.717, 1.165) is 16.6 Å². The maximum atomic E-state index is 12.9. The zero-order valence-electron chi connectivity index (χ0n) is 15.8. The number of nitrogens with zero attached hydrogens (tertiary/aromatic N) is 4. The van der Waals surface area contributed by atoms with Gasteiger partial charge in [-0.15, -0.1) is 5.10 Å². The Bertz CT molecular complexity index is 1210. The fourth-order valence-electron chi connectivity index (χ4n) is 3.19. The van der Waals surface area contributed by atoms with Crippen molar-refractivity contribution < 1.29 is 9.59 Å². The lowest BCUT2D eigenvalue weighted by atomic mass is 10.1. The van der Waals surface area contributed by atoms with Gasteiger partial charge in [-0.2, -0.15) is 4.68 Å². The predicted molar refractivity (Wildman–Crippen MR) is 112 cm³/mol. The van der Waals surface area contributed by atoms with E-state index in [4.69, 9.17) is 0 Å². The molecule has 0 fully saturated rings. The van der Waals surface area contributed by atoms with Crippen molar-refractivity contribution >= 4 is 40.0 Å². The number of carbonyl (C=O) groups is 2. The van der Waals surface area contributed by atoms with Crippen LogP contribution in [0.3, 0.4) is 0 Å². The summed E-state index contributed by atoms with van der Waals surface area (Å²) >= 11 is 1.27. The number of aryl methyl sites for hydroxylation is 1. The number of tetrazole rings is 1. The number of rotatable bonds is 6. The van der Waals surface area contributed by atoms with Gasteiger partial charge in [0.15, 0.2) is 5.78 Å². The molecule has 0 saturated carbocycles. The van der Waals surface area contributed by atoms with Crippen LogP contribution in [0.5, 0.6) is 0 Å². The number of aromatic amines is 1. The number of Topliss-reactive ketones (excluding diaryl/α,β-unsaturated/α-hetero) is 1. The number of benzene rings is 2. The zero-order valence-corrected chi connectivity index (χ0v) is 16.7. The maximum Gasteiger partial charge on any atom is 0.221 e. The summed E-state index contributed by atoms with van der Waals surface area (Å²) in [5, 5.41) is 15.9. The molecule has 0 atom stereocenters. The smallest absolute Gasteiger partial charge is 0.221 e. The second-order valence-corrected chi connectivity index (χ2v) is 7.43. The predicted octanol–water partition coefficient (Wildman–Crippen LogP) is 3.39. The van der Waals surface area contributed by atoms with E-state index in [1.807, 2.05) is 37.3 Å². The molecule has 0 saturated heterocycles. The van der Waals surface area contributed by atoms with Gasteiger partial charge in [0.25, 0.3) is 0 Å². The normalized spacial score (nSPS) is 11.0. The molecule has 2 heterocycles. The fraction of sp³-hybridized carbons (Fsp3) is 0.150. The van der Waals surface area contributed by atoms with Crippen LogP contribution in [0.4, 0.5) is 5.69 Å². The molecule has 4 aromatic rings. The monoisotopic (exact) mass is 406 g/mol. The molecule has 0 radical (unpaired) electrons.